The minimum absolute atomic E-state index is 0.572. The van der Waals surface area contributed by atoms with Gasteiger partial charge in [-0.2, -0.15) is 0 Å². The average molecular weight is 279 g/mol. The van der Waals surface area contributed by atoms with Crippen molar-refractivity contribution >= 4 is 32.9 Å². The van der Waals surface area contributed by atoms with Crippen LogP contribution in [0.3, 0.4) is 0 Å². The van der Waals surface area contributed by atoms with E-state index < -0.39 is 0 Å². The summed E-state index contributed by atoms with van der Waals surface area (Å²) in [5.74, 6) is 0.572. The number of nitrogen functional groups attached to an aromatic ring is 1. The molecule has 0 aliphatic rings. The fraction of sp³-hybridized carbons (Fsp3) is 0.500. The molecule has 104 valence electrons. The zero-order valence-corrected chi connectivity index (χ0v) is 12.5. The summed E-state index contributed by atoms with van der Waals surface area (Å²) in [6, 6.07) is 4.19. The summed E-state index contributed by atoms with van der Waals surface area (Å²) < 4.78 is 6.33. The SMILES string of the molecule is COCCN(CC(C)C)c1ccc2scnc2c1N. The predicted molar refractivity (Wildman–Crippen MR) is 83.0 cm³/mol. The Bertz CT molecular complexity index is 538. The number of hydrogen-bond acceptors (Lipinski definition) is 5. The molecule has 0 atom stereocenters. The van der Waals surface area contributed by atoms with E-state index in [4.69, 9.17) is 10.5 Å². The van der Waals surface area contributed by atoms with Crippen molar-refractivity contribution in [1.29, 1.82) is 0 Å². The molecule has 0 saturated heterocycles. The number of anilines is 2. The number of nitrogens with two attached hydrogens (primary N) is 1. The van der Waals surface area contributed by atoms with Gasteiger partial charge in [-0.25, -0.2) is 4.98 Å². The molecule has 5 heteroatoms. The van der Waals surface area contributed by atoms with E-state index in [0.717, 1.165) is 34.7 Å². The normalized spacial score (nSPS) is 11.4. The predicted octanol–water partition coefficient (Wildman–Crippen LogP) is 2.99. The second-order valence-electron chi connectivity index (χ2n) is 5.03. The molecule has 0 aliphatic heterocycles. The Morgan fingerprint density at radius 2 is 2.21 bits per heavy atom. The second-order valence-corrected chi connectivity index (χ2v) is 5.92. The van der Waals surface area contributed by atoms with Crippen LogP contribution in [-0.2, 0) is 4.74 Å². The molecular formula is C14H21N3OS. The lowest BCUT2D eigenvalue weighted by Gasteiger charge is -2.27. The first-order valence-corrected chi connectivity index (χ1v) is 7.37. The van der Waals surface area contributed by atoms with E-state index in [1.54, 1.807) is 18.4 Å². The van der Waals surface area contributed by atoms with Crippen molar-refractivity contribution in [2.45, 2.75) is 13.8 Å². The Morgan fingerprint density at radius 1 is 1.42 bits per heavy atom. The van der Waals surface area contributed by atoms with Gasteiger partial charge in [-0.1, -0.05) is 13.8 Å². The molecule has 0 amide bonds. The number of benzene rings is 1. The lowest BCUT2D eigenvalue weighted by atomic mass is 10.1. The van der Waals surface area contributed by atoms with Crippen molar-refractivity contribution in [3.63, 3.8) is 0 Å². The fourth-order valence-electron chi connectivity index (χ4n) is 2.17. The highest BCUT2D eigenvalue weighted by molar-refractivity contribution is 7.16. The van der Waals surface area contributed by atoms with Crippen molar-refractivity contribution in [3.8, 4) is 0 Å². The average Bonchev–Trinajstić information content (AvgIpc) is 2.84. The molecule has 0 bridgehead atoms. The summed E-state index contributed by atoms with van der Waals surface area (Å²) in [6.45, 7) is 6.91. The van der Waals surface area contributed by atoms with Gasteiger partial charge >= 0.3 is 0 Å². The van der Waals surface area contributed by atoms with Crippen LogP contribution in [0.5, 0.6) is 0 Å². The van der Waals surface area contributed by atoms with Crippen LogP contribution in [0, 0.1) is 5.92 Å². The van der Waals surface area contributed by atoms with Gasteiger partial charge in [-0.15, -0.1) is 11.3 Å². The molecule has 1 aromatic carbocycles. The number of hydrogen-bond donors (Lipinski definition) is 1. The topological polar surface area (TPSA) is 51.4 Å². The molecule has 2 rings (SSSR count). The molecule has 0 saturated carbocycles. The van der Waals surface area contributed by atoms with Gasteiger partial charge in [0.2, 0.25) is 0 Å². The number of thiazole rings is 1. The van der Waals surface area contributed by atoms with Gasteiger partial charge in [0.05, 0.1) is 28.2 Å². The molecule has 0 spiro atoms. The number of aromatic nitrogens is 1. The van der Waals surface area contributed by atoms with Gasteiger partial charge in [0, 0.05) is 20.2 Å². The Morgan fingerprint density at radius 3 is 2.89 bits per heavy atom. The number of ether oxygens (including phenoxy) is 1. The monoisotopic (exact) mass is 279 g/mol. The number of nitrogens with zero attached hydrogens (tertiary/aromatic N) is 2. The number of rotatable bonds is 6. The molecule has 2 aromatic rings. The summed E-state index contributed by atoms with van der Waals surface area (Å²) in [6.07, 6.45) is 0. The van der Waals surface area contributed by atoms with Gasteiger partial charge in [0.15, 0.2) is 0 Å². The lowest BCUT2D eigenvalue weighted by Crippen LogP contribution is -2.31. The van der Waals surface area contributed by atoms with Crippen LogP contribution in [0.1, 0.15) is 13.8 Å². The highest BCUT2D eigenvalue weighted by Gasteiger charge is 2.14. The molecule has 0 aliphatic carbocycles. The van der Waals surface area contributed by atoms with E-state index >= 15 is 0 Å². The third-order valence-electron chi connectivity index (χ3n) is 3.01. The van der Waals surface area contributed by atoms with Crippen LogP contribution >= 0.6 is 11.3 Å². The van der Waals surface area contributed by atoms with Gasteiger partial charge in [-0.3, -0.25) is 0 Å². The molecular weight excluding hydrogens is 258 g/mol. The minimum atomic E-state index is 0.572. The van der Waals surface area contributed by atoms with Crippen LogP contribution in [-0.4, -0.2) is 31.8 Å². The maximum absolute atomic E-state index is 6.27. The molecule has 4 nitrogen and oxygen atoms in total. The third kappa shape index (κ3) is 3.16. The summed E-state index contributed by atoms with van der Waals surface area (Å²) >= 11 is 1.62. The Balaban J connectivity index is 2.33. The highest BCUT2D eigenvalue weighted by atomic mass is 32.1. The summed E-state index contributed by atoms with van der Waals surface area (Å²) in [4.78, 5) is 6.64. The molecule has 2 N–H and O–H groups in total. The summed E-state index contributed by atoms with van der Waals surface area (Å²) in [5.41, 5.74) is 10.9. The summed E-state index contributed by atoms with van der Waals surface area (Å²) in [5, 5.41) is 0. The molecule has 1 heterocycles. The van der Waals surface area contributed by atoms with E-state index in [1.807, 2.05) is 5.51 Å². The van der Waals surface area contributed by atoms with Crippen molar-refractivity contribution in [3.05, 3.63) is 17.6 Å². The van der Waals surface area contributed by atoms with Crippen molar-refractivity contribution in [2.24, 2.45) is 5.92 Å². The quantitative estimate of drug-likeness (QED) is 0.826. The van der Waals surface area contributed by atoms with E-state index in [1.165, 1.54) is 0 Å². The Hall–Kier alpha value is -1.33. The Kier molecular flexibility index (Phi) is 4.61. The molecule has 0 radical (unpaired) electrons. The number of methoxy groups -OCH3 is 1. The standard InChI is InChI=1S/C14H21N3OS/c1-10(2)8-17(6-7-18-3)11-4-5-12-14(13(11)15)16-9-19-12/h4-5,9-10H,6-8,15H2,1-3H3. The maximum Gasteiger partial charge on any atom is 0.106 e. The van der Waals surface area contributed by atoms with E-state index in [0.29, 0.717) is 12.5 Å². The first kappa shape index (κ1) is 14.1. The molecule has 19 heavy (non-hydrogen) atoms. The fourth-order valence-corrected chi connectivity index (χ4v) is 2.86. The van der Waals surface area contributed by atoms with Crippen LogP contribution < -0.4 is 10.6 Å². The Labute approximate surface area is 118 Å². The number of fused-ring (bicyclic) bond motifs is 1. The zero-order chi connectivity index (χ0) is 13.8. The largest absolute Gasteiger partial charge is 0.395 e. The maximum atomic E-state index is 6.27. The van der Waals surface area contributed by atoms with Crippen molar-refractivity contribution in [1.82, 2.24) is 4.98 Å². The second kappa shape index (κ2) is 6.21. The van der Waals surface area contributed by atoms with Crippen LogP contribution in [0.25, 0.3) is 10.2 Å². The molecule has 0 unspecified atom stereocenters. The molecule has 0 fully saturated rings. The minimum Gasteiger partial charge on any atom is -0.395 e. The molecule has 1 aromatic heterocycles. The highest BCUT2D eigenvalue weighted by Crippen LogP contribution is 2.32. The van der Waals surface area contributed by atoms with Gasteiger partial charge in [0.25, 0.3) is 0 Å². The van der Waals surface area contributed by atoms with E-state index in [9.17, 15) is 0 Å². The first-order chi connectivity index (χ1) is 9.13. The van der Waals surface area contributed by atoms with E-state index in [-0.39, 0.29) is 0 Å². The first-order valence-electron chi connectivity index (χ1n) is 6.49. The van der Waals surface area contributed by atoms with Crippen LogP contribution in [0.2, 0.25) is 0 Å². The van der Waals surface area contributed by atoms with Crippen LogP contribution in [0.4, 0.5) is 11.4 Å². The van der Waals surface area contributed by atoms with Gasteiger partial charge in [-0.05, 0) is 18.1 Å². The van der Waals surface area contributed by atoms with Crippen molar-refractivity contribution < 1.29 is 4.74 Å². The smallest absolute Gasteiger partial charge is 0.106 e. The zero-order valence-electron chi connectivity index (χ0n) is 11.7. The third-order valence-corrected chi connectivity index (χ3v) is 3.80. The van der Waals surface area contributed by atoms with E-state index in [2.05, 4.69) is 35.9 Å². The van der Waals surface area contributed by atoms with Crippen LogP contribution in [0.15, 0.2) is 17.6 Å². The van der Waals surface area contributed by atoms with Gasteiger partial charge < -0.3 is 15.4 Å². The van der Waals surface area contributed by atoms with Crippen molar-refractivity contribution in [2.75, 3.05) is 37.4 Å². The lowest BCUT2D eigenvalue weighted by molar-refractivity contribution is 0.204. The summed E-state index contributed by atoms with van der Waals surface area (Å²) in [7, 11) is 1.72. The van der Waals surface area contributed by atoms with Gasteiger partial charge in [0.1, 0.15) is 5.52 Å².